The molecule has 3 aromatic rings. The minimum Gasteiger partial charge on any atom is -0.493 e. The summed E-state index contributed by atoms with van der Waals surface area (Å²) < 4.78 is 11.6. The van der Waals surface area contributed by atoms with E-state index in [0.717, 1.165) is 28.3 Å². The molecule has 37 heavy (non-hydrogen) atoms. The zero-order valence-corrected chi connectivity index (χ0v) is 21.8. The molecule has 0 aromatic heterocycles. The molecule has 0 unspecified atom stereocenters. The van der Waals surface area contributed by atoms with Crippen molar-refractivity contribution in [3.05, 3.63) is 100 Å². The molecule has 1 amide bonds. The van der Waals surface area contributed by atoms with Crippen LogP contribution in [0.4, 0.5) is 5.69 Å². The third-order valence-corrected chi connectivity index (χ3v) is 7.98. The Morgan fingerprint density at radius 1 is 1.03 bits per heavy atom. The van der Waals surface area contributed by atoms with Crippen LogP contribution < -0.4 is 14.4 Å². The summed E-state index contributed by atoms with van der Waals surface area (Å²) in [5.74, 6) is 1.59. The van der Waals surface area contributed by atoms with Crippen LogP contribution in [0, 0.1) is 11.3 Å². The molecule has 2 heterocycles. The van der Waals surface area contributed by atoms with Gasteiger partial charge < -0.3 is 14.4 Å². The number of carbonyl (C=O) groups excluding carboxylic acids is 1. The molecule has 2 aliphatic rings. The lowest BCUT2D eigenvalue weighted by Gasteiger charge is -2.42. The Kier molecular flexibility index (Phi) is 7.38. The first-order valence-electron chi connectivity index (χ1n) is 12.4. The van der Waals surface area contributed by atoms with Crippen LogP contribution in [0.2, 0.25) is 0 Å². The van der Waals surface area contributed by atoms with E-state index < -0.39 is 0 Å². The van der Waals surface area contributed by atoms with Crippen LogP contribution in [0.5, 0.6) is 11.5 Å². The molecular weight excluding hydrogens is 482 g/mol. The summed E-state index contributed by atoms with van der Waals surface area (Å²) >= 11 is 1.55. The molecule has 1 saturated heterocycles. The predicted octanol–water partition coefficient (Wildman–Crippen LogP) is 6.06. The molecule has 0 radical (unpaired) electrons. The molecule has 0 aliphatic carbocycles. The van der Waals surface area contributed by atoms with Crippen molar-refractivity contribution in [3.63, 3.8) is 0 Å². The van der Waals surface area contributed by atoms with Crippen LogP contribution in [0.1, 0.15) is 36.0 Å². The van der Waals surface area contributed by atoms with Gasteiger partial charge in [-0.2, -0.15) is 5.26 Å². The number of carbonyl (C=O) groups is 1. The van der Waals surface area contributed by atoms with Gasteiger partial charge in [0.1, 0.15) is 6.61 Å². The summed E-state index contributed by atoms with van der Waals surface area (Å²) in [6, 6.07) is 26.5. The number of ether oxygens (including phenoxy) is 2. The van der Waals surface area contributed by atoms with Gasteiger partial charge in [-0.3, -0.25) is 9.69 Å². The zero-order chi connectivity index (χ0) is 25.8. The zero-order valence-electron chi connectivity index (χ0n) is 21.0. The standard InChI is InChI=1S/C30H29N3O3S/c1-3-21-9-12-24(13-10-21)32-19-33-29(34)16-25(26(17-31)30(33)37-20-32)23-11-14-27(28(15-23)35-2)36-18-22-7-5-4-6-8-22/h4-15,25H,3,16,18-20H2,1-2H3/t25-/m1/s1. The van der Waals surface area contributed by atoms with Crippen LogP contribution in [0.25, 0.3) is 0 Å². The first-order chi connectivity index (χ1) is 18.1. The number of nitrogens with zero attached hydrogens (tertiary/aromatic N) is 3. The molecule has 2 aliphatic heterocycles. The van der Waals surface area contributed by atoms with Crippen LogP contribution in [0.15, 0.2) is 83.4 Å². The number of benzene rings is 3. The minimum atomic E-state index is -0.316. The number of thioether (sulfide) groups is 1. The number of methoxy groups -OCH3 is 1. The highest BCUT2D eigenvalue weighted by Gasteiger charge is 2.38. The van der Waals surface area contributed by atoms with Crippen molar-refractivity contribution < 1.29 is 14.3 Å². The van der Waals surface area contributed by atoms with E-state index in [1.54, 1.807) is 23.8 Å². The second-order valence-corrected chi connectivity index (χ2v) is 10.0. The van der Waals surface area contributed by atoms with Crippen molar-refractivity contribution in [1.29, 1.82) is 5.26 Å². The van der Waals surface area contributed by atoms with Gasteiger partial charge in [-0.15, -0.1) is 0 Å². The lowest BCUT2D eigenvalue weighted by Crippen LogP contribution is -2.47. The Morgan fingerprint density at radius 2 is 1.81 bits per heavy atom. The number of hydrogen-bond acceptors (Lipinski definition) is 6. The number of rotatable bonds is 7. The molecule has 3 aromatic carbocycles. The molecule has 0 N–H and O–H groups in total. The first-order valence-corrected chi connectivity index (χ1v) is 13.4. The number of allylic oxidation sites excluding steroid dienone is 1. The summed E-state index contributed by atoms with van der Waals surface area (Å²) in [7, 11) is 1.60. The van der Waals surface area contributed by atoms with E-state index in [1.807, 2.05) is 48.5 Å². The fourth-order valence-corrected chi connectivity index (χ4v) is 5.88. The van der Waals surface area contributed by atoms with Gasteiger partial charge in [0.2, 0.25) is 5.91 Å². The summed E-state index contributed by atoms with van der Waals surface area (Å²) in [5.41, 5.74) is 4.93. The molecular formula is C30H29N3O3S. The molecule has 0 saturated carbocycles. The fraction of sp³-hybridized carbons (Fsp3) is 0.267. The van der Waals surface area contributed by atoms with Crippen LogP contribution in [0.3, 0.4) is 0 Å². The highest BCUT2D eigenvalue weighted by atomic mass is 32.2. The molecule has 0 spiro atoms. The summed E-state index contributed by atoms with van der Waals surface area (Å²) in [5, 5.41) is 10.9. The summed E-state index contributed by atoms with van der Waals surface area (Å²) in [6.45, 7) is 3.01. The lowest BCUT2D eigenvalue weighted by molar-refractivity contribution is -0.129. The van der Waals surface area contributed by atoms with E-state index in [-0.39, 0.29) is 18.2 Å². The van der Waals surface area contributed by atoms with Crippen molar-refractivity contribution >= 4 is 23.4 Å². The number of hydrogen-bond donors (Lipinski definition) is 0. The van der Waals surface area contributed by atoms with Crippen LogP contribution >= 0.6 is 11.8 Å². The molecule has 1 fully saturated rings. The second-order valence-electron chi connectivity index (χ2n) is 9.07. The highest BCUT2D eigenvalue weighted by molar-refractivity contribution is 8.03. The highest BCUT2D eigenvalue weighted by Crippen LogP contribution is 2.44. The van der Waals surface area contributed by atoms with Crippen molar-refractivity contribution in [2.75, 3.05) is 24.6 Å². The molecule has 5 rings (SSSR count). The second kappa shape index (κ2) is 11.0. The minimum absolute atomic E-state index is 0.0183. The number of aryl methyl sites for hydroxylation is 1. The van der Waals surface area contributed by atoms with E-state index in [1.165, 1.54) is 5.56 Å². The van der Waals surface area contributed by atoms with Crippen molar-refractivity contribution in [1.82, 2.24) is 4.90 Å². The SMILES string of the molecule is CCc1ccc(N2CSC3=C(C#N)[C@@H](c4ccc(OCc5ccccc5)c(OC)c4)CC(=O)N3C2)cc1. The molecule has 1 atom stereocenters. The number of fused-ring (bicyclic) bond motifs is 1. The van der Waals surface area contributed by atoms with Crippen molar-refractivity contribution in [2.45, 2.75) is 32.3 Å². The van der Waals surface area contributed by atoms with Gasteiger partial charge in [0.25, 0.3) is 0 Å². The maximum atomic E-state index is 13.3. The van der Waals surface area contributed by atoms with Gasteiger partial charge >= 0.3 is 0 Å². The maximum Gasteiger partial charge on any atom is 0.229 e. The lowest BCUT2D eigenvalue weighted by atomic mass is 9.86. The topological polar surface area (TPSA) is 65.8 Å². The third-order valence-electron chi connectivity index (χ3n) is 6.83. The fourth-order valence-electron chi connectivity index (χ4n) is 4.71. The Hall–Kier alpha value is -3.89. The van der Waals surface area contributed by atoms with Gasteiger partial charge in [-0.05, 0) is 47.4 Å². The summed E-state index contributed by atoms with van der Waals surface area (Å²) in [4.78, 5) is 17.2. The smallest absolute Gasteiger partial charge is 0.229 e. The quantitative estimate of drug-likeness (QED) is 0.384. The van der Waals surface area contributed by atoms with Gasteiger partial charge in [0, 0.05) is 18.0 Å². The van der Waals surface area contributed by atoms with Gasteiger partial charge in [-0.25, -0.2) is 0 Å². The monoisotopic (exact) mass is 511 g/mol. The van der Waals surface area contributed by atoms with Gasteiger partial charge in [-0.1, -0.05) is 67.2 Å². The average Bonchev–Trinajstić information content (AvgIpc) is 2.96. The average molecular weight is 512 g/mol. The van der Waals surface area contributed by atoms with Gasteiger partial charge in [0.05, 0.1) is 36.3 Å². The number of anilines is 1. The van der Waals surface area contributed by atoms with Gasteiger partial charge in [0.15, 0.2) is 11.5 Å². The normalized spacial score (nSPS) is 17.3. The van der Waals surface area contributed by atoms with E-state index in [9.17, 15) is 10.1 Å². The van der Waals surface area contributed by atoms with Crippen LogP contribution in [-0.4, -0.2) is 30.5 Å². The maximum absolute atomic E-state index is 13.3. The number of amides is 1. The third kappa shape index (κ3) is 5.16. The Morgan fingerprint density at radius 3 is 2.51 bits per heavy atom. The molecule has 0 bridgehead atoms. The van der Waals surface area contributed by atoms with E-state index in [0.29, 0.717) is 36.2 Å². The predicted molar refractivity (Wildman–Crippen MR) is 146 cm³/mol. The molecule has 6 nitrogen and oxygen atoms in total. The van der Waals surface area contributed by atoms with Crippen LogP contribution in [-0.2, 0) is 17.8 Å². The molecule has 7 heteroatoms. The summed E-state index contributed by atoms with van der Waals surface area (Å²) in [6.07, 6.45) is 1.23. The Bertz CT molecular complexity index is 1350. The Balaban J connectivity index is 1.37. The van der Waals surface area contributed by atoms with E-state index in [4.69, 9.17) is 9.47 Å². The van der Waals surface area contributed by atoms with Crippen molar-refractivity contribution in [3.8, 4) is 17.6 Å². The molecule has 188 valence electrons. The van der Waals surface area contributed by atoms with E-state index >= 15 is 0 Å². The number of nitriles is 1. The Labute approximate surface area is 222 Å². The largest absolute Gasteiger partial charge is 0.493 e. The van der Waals surface area contributed by atoms with Crippen molar-refractivity contribution in [2.24, 2.45) is 0 Å². The van der Waals surface area contributed by atoms with E-state index in [2.05, 4.69) is 42.2 Å². The first kappa shape index (κ1) is 24.8.